The Hall–Kier alpha value is -3.88. The Balaban J connectivity index is 2.11. The van der Waals surface area contributed by atoms with Crippen molar-refractivity contribution in [1.82, 2.24) is 0 Å². The molecule has 0 saturated heterocycles. The maximum Gasteiger partial charge on any atom is 0.513 e. The van der Waals surface area contributed by atoms with Gasteiger partial charge in [0.2, 0.25) is 0 Å². The van der Waals surface area contributed by atoms with Crippen molar-refractivity contribution in [3.8, 4) is 11.5 Å². The van der Waals surface area contributed by atoms with E-state index in [9.17, 15) is 19.2 Å². The lowest BCUT2D eigenvalue weighted by Crippen LogP contribution is -2.26. The second-order valence-corrected chi connectivity index (χ2v) is 6.93. The van der Waals surface area contributed by atoms with Crippen molar-refractivity contribution in [2.75, 3.05) is 7.11 Å². The standard InChI is InChI=1S/C21H20O9/c1-21(2,3)19(24)27-15-11-7-5-9-13(15)17(22)29-30-18(23)14-10-6-8-12-16(14)28-20(25)26-4/h5-12H,1-4H3. The molecule has 0 amide bonds. The van der Waals surface area contributed by atoms with Crippen LogP contribution in [0.15, 0.2) is 48.5 Å². The molecule has 9 nitrogen and oxygen atoms in total. The highest BCUT2D eigenvalue weighted by molar-refractivity contribution is 5.96. The monoisotopic (exact) mass is 416 g/mol. The topological polar surface area (TPSA) is 114 Å². The summed E-state index contributed by atoms with van der Waals surface area (Å²) in [6.07, 6.45) is -1.04. The van der Waals surface area contributed by atoms with Gasteiger partial charge in [0, 0.05) is 0 Å². The second kappa shape index (κ2) is 9.55. The number of hydrogen-bond donors (Lipinski definition) is 0. The van der Waals surface area contributed by atoms with Gasteiger partial charge in [0.1, 0.15) is 22.6 Å². The van der Waals surface area contributed by atoms with Gasteiger partial charge in [-0.1, -0.05) is 24.3 Å². The molecule has 2 aromatic carbocycles. The van der Waals surface area contributed by atoms with Gasteiger partial charge in [-0.2, -0.15) is 0 Å². The van der Waals surface area contributed by atoms with Gasteiger partial charge >= 0.3 is 24.1 Å². The molecule has 2 aromatic rings. The van der Waals surface area contributed by atoms with Crippen LogP contribution in [-0.4, -0.2) is 31.2 Å². The Kier molecular flexibility index (Phi) is 7.13. The van der Waals surface area contributed by atoms with E-state index in [1.165, 1.54) is 42.5 Å². The smallest absolute Gasteiger partial charge is 0.437 e. The molecule has 2 rings (SSSR count). The van der Waals surface area contributed by atoms with Crippen molar-refractivity contribution in [3.63, 3.8) is 0 Å². The van der Waals surface area contributed by atoms with Crippen LogP contribution in [0.4, 0.5) is 4.79 Å². The third-order valence-electron chi connectivity index (χ3n) is 3.58. The molecule has 0 unspecified atom stereocenters. The third-order valence-corrected chi connectivity index (χ3v) is 3.58. The molecule has 0 radical (unpaired) electrons. The number of rotatable bonds is 4. The number of benzene rings is 2. The van der Waals surface area contributed by atoms with Crippen LogP contribution < -0.4 is 9.47 Å². The van der Waals surface area contributed by atoms with E-state index in [0.29, 0.717) is 0 Å². The molecule has 0 aliphatic rings. The maximum absolute atomic E-state index is 12.3. The fourth-order valence-electron chi connectivity index (χ4n) is 2.00. The molecule has 0 bridgehead atoms. The van der Waals surface area contributed by atoms with Crippen molar-refractivity contribution < 1.29 is 43.2 Å². The largest absolute Gasteiger partial charge is 0.513 e. The molecule has 0 saturated carbocycles. The Morgan fingerprint density at radius 1 is 0.700 bits per heavy atom. The van der Waals surface area contributed by atoms with Crippen molar-refractivity contribution in [2.45, 2.75) is 20.8 Å². The van der Waals surface area contributed by atoms with Gasteiger partial charge in [0.05, 0.1) is 12.5 Å². The Labute approximate surface area is 172 Å². The number of carbonyl (C=O) groups excluding carboxylic acids is 4. The lowest BCUT2D eigenvalue weighted by molar-refractivity contribution is -0.187. The summed E-state index contributed by atoms with van der Waals surface area (Å²) in [6.45, 7) is 4.98. The van der Waals surface area contributed by atoms with E-state index in [4.69, 9.17) is 9.47 Å². The first-order valence-electron chi connectivity index (χ1n) is 8.72. The van der Waals surface area contributed by atoms with Gasteiger partial charge in [-0.15, -0.1) is 0 Å². The fraction of sp³-hybridized carbons (Fsp3) is 0.238. The zero-order chi connectivity index (χ0) is 22.3. The highest BCUT2D eigenvalue weighted by Crippen LogP contribution is 2.24. The summed E-state index contributed by atoms with van der Waals surface area (Å²) in [4.78, 5) is 57.1. The van der Waals surface area contributed by atoms with Crippen LogP contribution >= 0.6 is 0 Å². The predicted octanol–water partition coefficient (Wildman–Crippen LogP) is 3.71. The van der Waals surface area contributed by atoms with Crippen LogP contribution in [-0.2, 0) is 19.3 Å². The van der Waals surface area contributed by atoms with E-state index in [-0.39, 0.29) is 22.6 Å². The van der Waals surface area contributed by atoms with Gasteiger partial charge in [0.15, 0.2) is 0 Å². The fourth-order valence-corrected chi connectivity index (χ4v) is 2.00. The summed E-state index contributed by atoms with van der Waals surface area (Å²) >= 11 is 0. The Morgan fingerprint density at radius 2 is 1.13 bits per heavy atom. The summed E-state index contributed by atoms with van der Waals surface area (Å²) in [5.41, 5.74) is -1.10. The van der Waals surface area contributed by atoms with E-state index in [2.05, 4.69) is 14.5 Å². The third kappa shape index (κ3) is 5.81. The average molecular weight is 416 g/mol. The molecule has 0 fully saturated rings. The highest BCUT2D eigenvalue weighted by atomic mass is 17.2. The summed E-state index contributed by atoms with van der Waals surface area (Å²) < 4.78 is 14.5. The van der Waals surface area contributed by atoms with Gasteiger partial charge in [-0.3, -0.25) is 4.79 Å². The number of ether oxygens (including phenoxy) is 3. The molecule has 0 aliphatic heterocycles. The molecule has 0 aromatic heterocycles. The maximum atomic E-state index is 12.3. The Bertz CT molecular complexity index is 957. The van der Waals surface area contributed by atoms with E-state index < -0.39 is 29.5 Å². The molecular weight excluding hydrogens is 396 g/mol. The van der Waals surface area contributed by atoms with E-state index in [1.807, 2.05) is 0 Å². The molecule has 0 heterocycles. The minimum atomic E-state index is -1.09. The molecule has 0 N–H and O–H groups in total. The first kappa shape index (κ1) is 22.4. The number of para-hydroxylation sites is 2. The van der Waals surface area contributed by atoms with Crippen LogP contribution in [0.2, 0.25) is 0 Å². The van der Waals surface area contributed by atoms with Crippen LogP contribution in [0.1, 0.15) is 41.5 Å². The van der Waals surface area contributed by atoms with E-state index >= 15 is 0 Å². The van der Waals surface area contributed by atoms with Gasteiger partial charge in [-0.25, -0.2) is 24.2 Å². The van der Waals surface area contributed by atoms with Crippen LogP contribution in [0, 0.1) is 5.41 Å². The zero-order valence-electron chi connectivity index (χ0n) is 16.8. The van der Waals surface area contributed by atoms with Crippen LogP contribution in [0.3, 0.4) is 0 Å². The molecule has 30 heavy (non-hydrogen) atoms. The molecule has 9 heteroatoms. The lowest BCUT2D eigenvalue weighted by atomic mass is 9.97. The molecule has 0 atom stereocenters. The van der Waals surface area contributed by atoms with Gasteiger partial charge in [-0.05, 0) is 45.0 Å². The van der Waals surface area contributed by atoms with Crippen molar-refractivity contribution in [2.24, 2.45) is 5.41 Å². The number of hydrogen-bond acceptors (Lipinski definition) is 9. The lowest BCUT2D eigenvalue weighted by Gasteiger charge is -2.17. The minimum Gasteiger partial charge on any atom is -0.437 e. The number of esters is 1. The zero-order valence-corrected chi connectivity index (χ0v) is 16.8. The van der Waals surface area contributed by atoms with Crippen molar-refractivity contribution >= 4 is 24.1 Å². The highest BCUT2D eigenvalue weighted by Gasteiger charge is 2.27. The first-order chi connectivity index (χ1) is 14.1. The van der Waals surface area contributed by atoms with Gasteiger partial charge < -0.3 is 14.2 Å². The summed E-state index contributed by atoms with van der Waals surface area (Å²) in [6, 6.07) is 11.5. The summed E-state index contributed by atoms with van der Waals surface area (Å²) in [5, 5.41) is 0. The van der Waals surface area contributed by atoms with E-state index in [1.54, 1.807) is 26.8 Å². The predicted molar refractivity (Wildman–Crippen MR) is 102 cm³/mol. The first-order valence-corrected chi connectivity index (χ1v) is 8.72. The molecule has 0 spiro atoms. The normalized spacial score (nSPS) is 10.5. The minimum absolute atomic E-state index is 0.0482. The van der Waals surface area contributed by atoms with Crippen LogP contribution in [0.5, 0.6) is 11.5 Å². The second-order valence-electron chi connectivity index (χ2n) is 6.93. The number of carbonyl (C=O) groups is 4. The summed E-state index contributed by atoms with van der Waals surface area (Å²) in [7, 11) is 1.11. The SMILES string of the molecule is COC(=O)Oc1ccccc1C(=O)OOC(=O)c1ccccc1OC(=O)C(C)(C)C. The van der Waals surface area contributed by atoms with E-state index in [0.717, 1.165) is 7.11 Å². The Morgan fingerprint density at radius 3 is 1.57 bits per heavy atom. The van der Waals surface area contributed by atoms with Crippen LogP contribution in [0.25, 0.3) is 0 Å². The number of methoxy groups -OCH3 is 1. The molecule has 158 valence electrons. The average Bonchev–Trinajstić information content (AvgIpc) is 2.71. The quantitative estimate of drug-likeness (QED) is 0.242. The van der Waals surface area contributed by atoms with Gasteiger partial charge in [0.25, 0.3) is 0 Å². The summed E-state index contributed by atoms with van der Waals surface area (Å²) in [5.74, 6) is -2.91. The molecule has 0 aliphatic carbocycles. The molecular formula is C21H20O9. The van der Waals surface area contributed by atoms with Crippen molar-refractivity contribution in [3.05, 3.63) is 59.7 Å². The van der Waals surface area contributed by atoms with Crippen molar-refractivity contribution in [1.29, 1.82) is 0 Å².